The van der Waals surface area contributed by atoms with Crippen LogP contribution in [0.3, 0.4) is 0 Å². The predicted molar refractivity (Wildman–Crippen MR) is 66.9 cm³/mol. The molecule has 96 valence electrons. The molecule has 1 heterocycles. The van der Waals surface area contributed by atoms with E-state index in [-0.39, 0.29) is 5.91 Å². The minimum Gasteiger partial charge on any atom is -0.383 e. The Morgan fingerprint density at radius 1 is 1.67 bits per heavy atom. The molecule has 1 aromatic heterocycles. The zero-order valence-corrected chi connectivity index (χ0v) is 10.4. The van der Waals surface area contributed by atoms with E-state index in [2.05, 4.69) is 15.6 Å². The van der Waals surface area contributed by atoms with Crippen molar-refractivity contribution in [2.75, 3.05) is 25.6 Å². The number of carbonyl (C=O) groups is 1. The van der Waals surface area contributed by atoms with E-state index < -0.39 is 6.04 Å². The number of amides is 1. The molecule has 0 aliphatic carbocycles. The molecule has 0 aliphatic rings. The third-order valence-electron chi connectivity index (χ3n) is 2.28. The van der Waals surface area contributed by atoms with Crippen molar-refractivity contribution < 1.29 is 9.53 Å². The molecule has 0 aromatic carbocycles. The molecule has 0 spiro atoms. The Morgan fingerprint density at radius 3 is 3.11 bits per heavy atom. The number of nitrogens with one attached hydrogen (secondary N) is 2. The monoisotopic (exact) mass is 248 g/mol. The number of nitriles is 1. The topological polar surface area (TPSA) is 87.0 Å². The highest BCUT2D eigenvalue weighted by atomic mass is 16.5. The van der Waals surface area contributed by atoms with Gasteiger partial charge in [0.05, 0.1) is 12.2 Å². The number of ether oxygens (including phenoxy) is 1. The van der Waals surface area contributed by atoms with Crippen molar-refractivity contribution in [2.45, 2.75) is 13.0 Å². The summed E-state index contributed by atoms with van der Waals surface area (Å²) in [5.74, 6) is 0.246. The maximum absolute atomic E-state index is 11.7. The van der Waals surface area contributed by atoms with Gasteiger partial charge in [0.2, 0.25) is 5.91 Å². The van der Waals surface area contributed by atoms with Crippen LogP contribution in [0.1, 0.15) is 12.5 Å². The van der Waals surface area contributed by atoms with Crippen LogP contribution in [0.4, 0.5) is 5.82 Å². The Kier molecular flexibility index (Phi) is 5.61. The number of carbonyl (C=O) groups excluding carboxylic acids is 1. The standard InChI is InChI=1S/C12H16N4O2/c1-9(12(17)15-6-7-18-2)16-11-10(8-13)4-3-5-14-11/h3-5,9H,6-7H2,1-2H3,(H,14,16)(H,15,17). The summed E-state index contributed by atoms with van der Waals surface area (Å²) in [4.78, 5) is 15.7. The van der Waals surface area contributed by atoms with Gasteiger partial charge in [-0.05, 0) is 19.1 Å². The molecule has 6 heteroatoms. The third kappa shape index (κ3) is 4.03. The number of nitrogens with zero attached hydrogens (tertiary/aromatic N) is 2. The molecule has 0 radical (unpaired) electrons. The molecule has 1 unspecified atom stereocenters. The summed E-state index contributed by atoms with van der Waals surface area (Å²) in [6, 6.07) is 4.86. The number of anilines is 1. The van der Waals surface area contributed by atoms with Crippen molar-refractivity contribution in [1.29, 1.82) is 5.26 Å². The maximum atomic E-state index is 11.7. The van der Waals surface area contributed by atoms with Gasteiger partial charge < -0.3 is 15.4 Å². The van der Waals surface area contributed by atoms with Gasteiger partial charge in [0.1, 0.15) is 17.9 Å². The van der Waals surface area contributed by atoms with Crippen LogP contribution in [0.25, 0.3) is 0 Å². The molecule has 0 saturated heterocycles. The van der Waals surface area contributed by atoms with Gasteiger partial charge in [-0.3, -0.25) is 4.79 Å². The number of methoxy groups -OCH3 is 1. The molecule has 0 fully saturated rings. The van der Waals surface area contributed by atoms with Gasteiger partial charge in [0.15, 0.2) is 0 Å². The first-order chi connectivity index (χ1) is 8.69. The molecule has 1 rings (SSSR count). The molecule has 2 N–H and O–H groups in total. The summed E-state index contributed by atoms with van der Waals surface area (Å²) in [5.41, 5.74) is 0.411. The molecule has 1 atom stereocenters. The molecule has 0 bridgehead atoms. The average Bonchev–Trinajstić information content (AvgIpc) is 2.39. The van der Waals surface area contributed by atoms with Gasteiger partial charge in [-0.25, -0.2) is 4.98 Å². The van der Waals surface area contributed by atoms with Crippen LogP contribution in [0, 0.1) is 11.3 Å². The Hall–Kier alpha value is -2.13. The lowest BCUT2D eigenvalue weighted by atomic mass is 10.2. The van der Waals surface area contributed by atoms with Crippen LogP contribution in [-0.2, 0) is 9.53 Å². The van der Waals surface area contributed by atoms with Crippen LogP contribution in [0.5, 0.6) is 0 Å². The van der Waals surface area contributed by atoms with Crippen LogP contribution in [0.15, 0.2) is 18.3 Å². The van der Waals surface area contributed by atoms with Gasteiger partial charge >= 0.3 is 0 Å². The minimum atomic E-state index is -0.469. The molecular weight excluding hydrogens is 232 g/mol. The second kappa shape index (κ2) is 7.25. The lowest BCUT2D eigenvalue weighted by molar-refractivity contribution is -0.121. The largest absolute Gasteiger partial charge is 0.383 e. The first-order valence-corrected chi connectivity index (χ1v) is 5.57. The minimum absolute atomic E-state index is 0.165. The van der Waals surface area contributed by atoms with E-state index >= 15 is 0 Å². The molecule has 6 nitrogen and oxygen atoms in total. The number of hydrogen-bond acceptors (Lipinski definition) is 5. The third-order valence-corrected chi connectivity index (χ3v) is 2.28. The van der Waals surface area contributed by atoms with Gasteiger partial charge in [-0.1, -0.05) is 0 Å². The van der Waals surface area contributed by atoms with Crippen LogP contribution >= 0.6 is 0 Å². The summed E-state index contributed by atoms with van der Waals surface area (Å²) >= 11 is 0. The van der Waals surface area contributed by atoms with E-state index in [1.807, 2.05) is 6.07 Å². The second-order valence-corrected chi connectivity index (χ2v) is 3.66. The number of rotatable bonds is 6. The van der Waals surface area contributed by atoms with Crippen molar-refractivity contribution in [1.82, 2.24) is 10.3 Å². The summed E-state index contributed by atoms with van der Waals surface area (Å²) in [7, 11) is 1.57. The number of hydrogen-bond donors (Lipinski definition) is 2. The van der Waals surface area contributed by atoms with E-state index in [1.54, 1.807) is 32.4 Å². The summed E-state index contributed by atoms with van der Waals surface area (Å²) in [6.45, 7) is 2.62. The van der Waals surface area contributed by atoms with E-state index in [1.165, 1.54) is 0 Å². The highest BCUT2D eigenvalue weighted by Gasteiger charge is 2.14. The quantitative estimate of drug-likeness (QED) is 0.716. The van der Waals surface area contributed by atoms with E-state index in [9.17, 15) is 4.79 Å². The molecular formula is C12H16N4O2. The SMILES string of the molecule is COCCNC(=O)C(C)Nc1ncccc1C#N. The van der Waals surface area contributed by atoms with Crippen LogP contribution in [-0.4, -0.2) is 37.2 Å². The molecule has 18 heavy (non-hydrogen) atoms. The predicted octanol–water partition coefficient (Wildman–Crippen LogP) is 0.516. The summed E-state index contributed by atoms with van der Waals surface area (Å²) < 4.78 is 4.84. The fraction of sp³-hybridized carbons (Fsp3) is 0.417. The molecule has 1 aromatic rings. The first kappa shape index (κ1) is 13.9. The Morgan fingerprint density at radius 2 is 2.44 bits per heavy atom. The van der Waals surface area contributed by atoms with Gasteiger partial charge in [0, 0.05) is 19.9 Å². The highest BCUT2D eigenvalue weighted by molar-refractivity contribution is 5.84. The smallest absolute Gasteiger partial charge is 0.242 e. The summed E-state index contributed by atoms with van der Waals surface area (Å²) in [5, 5.41) is 14.5. The Labute approximate surface area is 106 Å². The summed E-state index contributed by atoms with van der Waals surface area (Å²) in [6.07, 6.45) is 1.57. The van der Waals surface area contributed by atoms with Crippen molar-refractivity contribution in [3.8, 4) is 6.07 Å². The van der Waals surface area contributed by atoms with Crippen LogP contribution < -0.4 is 10.6 Å². The lowest BCUT2D eigenvalue weighted by Crippen LogP contribution is -2.39. The normalized spacial score (nSPS) is 11.4. The van der Waals surface area contributed by atoms with Gasteiger partial charge in [-0.15, -0.1) is 0 Å². The zero-order valence-electron chi connectivity index (χ0n) is 10.4. The van der Waals surface area contributed by atoms with Crippen molar-refractivity contribution in [3.05, 3.63) is 23.9 Å². The number of aromatic nitrogens is 1. The molecule has 0 aliphatic heterocycles. The van der Waals surface area contributed by atoms with Crippen molar-refractivity contribution in [2.24, 2.45) is 0 Å². The van der Waals surface area contributed by atoms with Gasteiger partial charge in [-0.2, -0.15) is 5.26 Å². The highest BCUT2D eigenvalue weighted by Crippen LogP contribution is 2.10. The van der Waals surface area contributed by atoms with E-state index in [4.69, 9.17) is 10.00 Å². The molecule has 1 amide bonds. The second-order valence-electron chi connectivity index (χ2n) is 3.66. The first-order valence-electron chi connectivity index (χ1n) is 5.57. The Balaban J connectivity index is 2.56. The maximum Gasteiger partial charge on any atom is 0.242 e. The van der Waals surface area contributed by atoms with E-state index in [0.29, 0.717) is 24.5 Å². The zero-order chi connectivity index (χ0) is 13.4. The Bertz CT molecular complexity index is 442. The fourth-order valence-corrected chi connectivity index (χ4v) is 1.31. The molecule has 0 saturated carbocycles. The fourth-order valence-electron chi connectivity index (χ4n) is 1.31. The number of pyridine rings is 1. The van der Waals surface area contributed by atoms with E-state index in [0.717, 1.165) is 0 Å². The van der Waals surface area contributed by atoms with Crippen molar-refractivity contribution in [3.63, 3.8) is 0 Å². The van der Waals surface area contributed by atoms with Gasteiger partial charge in [0.25, 0.3) is 0 Å². The van der Waals surface area contributed by atoms with Crippen LogP contribution in [0.2, 0.25) is 0 Å². The lowest BCUT2D eigenvalue weighted by Gasteiger charge is -2.15. The van der Waals surface area contributed by atoms with Crippen molar-refractivity contribution >= 4 is 11.7 Å². The average molecular weight is 248 g/mol.